The summed E-state index contributed by atoms with van der Waals surface area (Å²) in [4.78, 5) is 13.9. The highest BCUT2D eigenvalue weighted by atomic mass is 32.2. The van der Waals surface area contributed by atoms with Crippen LogP contribution in [-0.4, -0.2) is 48.8 Å². The Morgan fingerprint density at radius 1 is 1.13 bits per heavy atom. The number of alkyl halides is 3. The summed E-state index contributed by atoms with van der Waals surface area (Å²) in [5.74, 6) is -0.342. The molecule has 0 bridgehead atoms. The lowest BCUT2D eigenvalue weighted by molar-refractivity contribution is -0.385. The number of nitro benzene ring substituents is 1. The van der Waals surface area contributed by atoms with Gasteiger partial charge in [0.15, 0.2) is 0 Å². The second-order valence-electron chi connectivity index (χ2n) is 6.80. The fourth-order valence-electron chi connectivity index (χ4n) is 3.20. The van der Waals surface area contributed by atoms with Gasteiger partial charge in [-0.3, -0.25) is 10.1 Å². The number of hydrogen-bond acceptors (Lipinski definition) is 7. The van der Waals surface area contributed by atoms with Crippen molar-refractivity contribution in [1.82, 2.24) is 9.29 Å². The van der Waals surface area contributed by atoms with Crippen LogP contribution in [0.25, 0.3) is 0 Å². The van der Waals surface area contributed by atoms with Crippen molar-refractivity contribution in [2.75, 3.05) is 36.8 Å². The molecule has 0 radical (unpaired) electrons. The Balaban J connectivity index is 1.76. The molecular formula is C18H20F3N5O4S. The fourth-order valence-corrected chi connectivity index (χ4v) is 4.91. The van der Waals surface area contributed by atoms with Gasteiger partial charge in [-0.15, -0.1) is 0 Å². The van der Waals surface area contributed by atoms with Crippen LogP contribution in [0.4, 0.5) is 30.4 Å². The van der Waals surface area contributed by atoms with E-state index in [0.717, 1.165) is 12.1 Å². The summed E-state index contributed by atoms with van der Waals surface area (Å²) in [6, 6.07) is 5.52. The molecule has 2 aromatic rings. The van der Waals surface area contributed by atoms with E-state index < -0.39 is 26.7 Å². The van der Waals surface area contributed by atoms with Crippen molar-refractivity contribution in [2.45, 2.75) is 23.9 Å². The lowest BCUT2D eigenvalue weighted by Gasteiger charge is -2.19. The predicted molar refractivity (Wildman–Crippen MR) is 107 cm³/mol. The number of halogens is 3. The molecular weight excluding hydrogens is 439 g/mol. The van der Waals surface area contributed by atoms with E-state index in [0.29, 0.717) is 25.9 Å². The smallest absolute Gasteiger partial charge is 0.382 e. The Morgan fingerprint density at radius 3 is 2.45 bits per heavy atom. The van der Waals surface area contributed by atoms with Gasteiger partial charge in [-0.2, -0.15) is 17.5 Å². The number of rotatable bonds is 8. The van der Waals surface area contributed by atoms with Crippen LogP contribution in [0.3, 0.4) is 0 Å². The van der Waals surface area contributed by atoms with E-state index in [4.69, 9.17) is 0 Å². The van der Waals surface area contributed by atoms with Crippen LogP contribution >= 0.6 is 0 Å². The van der Waals surface area contributed by atoms with Gasteiger partial charge in [-0.05, 0) is 31.0 Å². The van der Waals surface area contributed by atoms with E-state index in [2.05, 4.69) is 15.6 Å². The third kappa shape index (κ3) is 5.22. The van der Waals surface area contributed by atoms with Crippen LogP contribution in [0.15, 0.2) is 41.4 Å². The molecule has 0 spiro atoms. The number of aromatic nitrogens is 1. The topological polar surface area (TPSA) is 117 Å². The third-order valence-electron chi connectivity index (χ3n) is 4.70. The molecule has 2 N–H and O–H groups in total. The largest absolute Gasteiger partial charge is 0.419 e. The summed E-state index contributed by atoms with van der Waals surface area (Å²) in [6.07, 6.45) is -1.94. The normalized spacial score (nSPS) is 15.1. The maximum atomic E-state index is 13.0. The van der Waals surface area contributed by atoms with E-state index >= 15 is 0 Å². The van der Waals surface area contributed by atoms with Gasteiger partial charge < -0.3 is 10.6 Å². The lowest BCUT2D eigenvalue weighted by atomic mass is 10.2. The van der Waals surface area contributed by atoms with Gasteiger partial charge in [0.25, 0.3) is 5.69 Å². The number of benzene rings is 1. The number of nitrogens with one attached hydrogen (secondary N) is 2. The van der Waals surface area contributed by atoms with Gasteiger partial charge in [0.05, 0.1) is 16.2 Å². The Morgan fingerprint density at radius 2 is 1.81 bits per heavy atom. The quantitative estimate of drug-likeness (QED) is 0.353. The van der Waals surface area contributed by atoms with Gasteiger partial charge >= 0.3 is 6.18 Å². The molecule has 0 unspecified atom stereocenters. The highest BCUT2D eigenvalue weighted by Crippen LogP contribution is 2.33. The molecule has 1 aliphatic heterocycles. The summed E-state index contributed by atoms with van der Waals surface area (Å²) < 4.78 is 66.3. The van der Waals surface area contributed by atoms with E-state index in [9.17, 15) is 31.7 Å². The molecule has 0 saturated carbocycles. The monoisotopic (exact) mass is 459 g/mol. The first kappa shape index (κ1) is 22.7. The fraction of sp³-hybridized carbons (Fsp3) is 0.389. The van der Waals surface area contributed by atoms with E-state index in [1.54, 1.807) is 0 Å². The molecule has 1 saturated heterocycles. The SMILES string of the molecule is O=[N+]([O-])c1ccc(NCCNc2ncccc2C(F)(F)F)c(S(=O)(=O)N2CCCC2)c1. The molecule has 0 amide bonds. The Hall–Kier alpha value is -2.93. The van der Waals surface area contributed by atoms with Gasteiger partial charge in [0.2, 0.25) is 10.0 Å². The number of pyridine rings is 1. The van der Waals surface area contributed by atoms with E-state index in [-0.39, 0.29) is 35.2 Å². The summed E-state index contributed by atoms with van der Waals surface area (Å²) in [6.45, 7) is 0.701. The first-order valence-corrected chi connectivity index (χ1v) is 10.8. The highest BCUT2D eigenvalue weighted by Gasteiger charge is 2.34. The van der Waals surface area contributed by atoms with Crippen molar-refractivity contribution in [3.05, 3.63) is 52.2 Å². The molecule has 2 heterocycles. The number of sulfonamides is 1. The zero-order valence-corrected chi connectivity index (χ0v) is 17.0. The lowest BCUT2D eigenvalue weighted by Crippen LogP contribution is -2.29. The van der Waals surface area contributed by atoms with Crippen molar-refractivity contribution in [2.24, 2.45) is 0 Å². The molecule has 3 rings (SSSR count). The van der Waals surface area contributed by atoms with Crippen molar-refractivity contribution in [1.29, 1.82) is 0 Å². The van der Waals surface area contributed by atoms with Crippen LogP contribution in [0.5, 0.6) is 0 Å². The van der Waals surface area contributed by atoms with Gasteiger partial charge in [0, 0.05) is 44.5 Å². The minimum Gasteiger partial charge on any atom is -0.382 e. The zero-order chi connectivity index (χ0) is 22.6. The molecule has 0 atom stereocenters. The minimum absolute atomic E-state index is 0.000281. The molecule has 0 aliphatic carbocycles. The van der Waals surface area contributed by atoms with Crippen molar-refractivity contribution in [3.63, 3.8) is 0 Å². The number of anilines is 2. The van der Waals surface area contributed by atoms with Crippen LogP contribution in [0.1, 0.15) is 18.4 Å². The number of hydrogen-bond donors (Lipinski definition) is 2. The Kier molecular flexibility index (Phi) is 6.65. The Labute approximate surface area is 176 Å². The number of non-ortho nitro benzene ring substituents is 1. The molecule has 1 aromatic carbocycles. The van der Waals surface area contributed by atoms with Crippen molar-refractivity contribution >= 4 is 27.2 Å². The van der Waals surface area contributed by atoms with Crippen LogP contribution < -0.4 is 10.6 Å². The molecule has 1 aliphatic rings. The second-order valence-corrected chi connectivity index (χ2v) is 8.71. The second kappa shape index (κ2) is 9.06. The molecule has 168 valence electrons. The van der Waals surface area contributed by atoms with Crippen LogP contribution in [-0.2, 0) is 16.2 Å². The zero-order valence-electron chi connectivity index (χ0n) is 16.2. The average Bonchev–Trinajstić information content (AvgIpc) is 3.26. The minimum atomic E-state index is -4.57. The molecule has 1 fully saturated rings. The first-order chi connectivity index (χ1) is 14.6. The number of nitro groups is 1. The summed E-state index contributed by atoms with van der Waals surface area (Å²) >= 11 is 0. The van der Waals surface area contributed by atoms with E-state index in [1.807, 2.05) is 0 Å². The Bertz CT molecular complexity index is 1060. The maximum absolute atomic E-state index is 13.0. The third-order valence-corrected chi connectivity index (χ3v) is 6.64. The van der Waals surface area contributed by atoms with Crippen molar-refractivity contribution in [3.8, 4) is 0 Å². The van der Waals surface area contributed by atoms with Gasteiger partial charge in [0.1, 0.15) is 10.7 Å². The van der Waals surface area contributed by atoms with Gasteiger partial charge in [-0.1, -0.05) is 0 Å². The van der Waals surface area contributed by atoms with E-state index in [1.165, 1.54) is 28.7 Å². The van der Waals surface area contributed by atoms with Crippen LogP contribution in [0, 0.1) is 10.1 Å². The molecule has 31 heavy (non-hydrogen) atoms. The highest BCUT2D eigenvalue weighted by molar-refractivity contribution is 7.89. The molecule has 1 aromatic heterocycles. The summed E-state index contributed by atoms with van der Waals surface area (Å²) in [7, 11) is -3.96. The standard InChI is InChI=1S/C18H20F3N5O4S/c19-18(20,21)14-4-3-7-23-17(14)24-9-8-22-15-6-5-13(26(27)28)12-16(15)31(29,30)25-10-1-2-11-25/h3-7,12,22H,1-2,8-11H2,(H,23,24). The summed E-state index contributed by atoms with van der Waals surface area (Å²) in [5, 5.41) is 16.5. The average molecular weight is 459 g/mol. The van der Waals surface area contributed by atoms with Crippen molar-refractivity contribution < 1.29 is 26.5 Å². The molecule has 9 nitrogen and oxygen atoms in total. The van der Waals surface area contributed by atoms with Crippen LogP contribution in [0.2, 0.25) is 0 Å². The predicted octanol–water partition coefficient (Wildman–Crippen LogP) is 3.32. The first-order valence-electron chi connectivity index (χ1n) is 9.39. The molecule has 13 heteroatoms. The maximum Gasteiger partial charge on any atom is 0.419 e. The number of nitrogens with zero attached hydrogens (tertiary/aromatic N) is 3. The van der Waals surface area contributed by atoms with Gasteiger partial charge in [-0.25, -0.2) is 13.4 Å². The summed E-state index contributed by atoms with van der Waals surface area (Å²) in [5.41, 5.74) is -1.15.